The minimum atomic E-state index is -4.59. The quantitative estimate of drug-likeness (QED) is 0.350. The Bertz CT molecular complexity index is 1090. The van der Waals surface area contributed by atoms with Crippen molar-refractivity contribution in [2.24, 2.45) is 35.5 Å². The monoisotopic (exact) mass is 583 g/mol. The SMILES string of the molecule is CC(C)Cn1cc(C2CC(CN3CCOC3=N)CC(C(=O)N[C@@H](C3CC3)C3CCC(F)C(C)C3)C2)c(C(F)(F)F)n1. The van der Waals surface area contributed by atoms with Crippen LogP contribution in [0, 0.1) is 40.9 Å². The Kier molecular flexibility index (Phi) is 8.90. The van der Waals surface area contributed by atoms with Crippen molar-refractivity contribution in [3.63, 3.8) is 0 Å². The van der Waals surface area contributed by atoms with E-state index in [9.17, 15) is 22.4 Å². The van der Waals surface area contributed by atoms with E-state index in [0.717, 1.165) is 25.7 Å². The van der Waals surface area contributed by atoms with Gasteiger partial charge in [0.15, 0.2) is 5.69 Å². The van der Waals surface area contributed by atoms with Gasteiger partial charge in [-0.3, -0.25) is 14.9 Å². The van der Waals surface area contributed by atoms with E-state index in [0.29, 0.717) is 57.8 Å². The number of halogens is 4. The molecule has 1 saturated heterocycles. The molecule has 4 fully saturated rings. The molecule has 0 bridgehead atoms. The van der Waals surface area contributed by atoms with E-state index in [1.54, 1.807) is 0 Å². The van der Waals surface area contributed by atoms with Crippen LogP contribution in [0.15, 0.2) is 6.20 Å². The van der Waals surface area contributed by atoms with Crippen LogP contribution in [-0.4, -0.2) is 58.5 Å². The average Bonchev–Trinajstić information content (AvgIpc) is 3.53. The first-order valence-electron chi connectivity index (χ1n) is 15.4. The van der Waals surface area contributed by atoms with Crippen molar-refractivity contribution >= 4 is 11.9 Å². The predicted octanol–water partition coefficient (Wildman–Crippen LogP) is 5.99. The number of hydrogen-bond donors (Lipinski definition) is 2. The molecule has 2 N–H and O–H groups in total. The zero-order chi connectivity index (χ0) is 29.5. The molecule has 5 rings (SSSR count). The summed E-state index contributed by atoms with van der Waals surface area (Å²) in [6.45, 7) is 7.67. The van der Waals surface area contributed by atoms with E-state index in [1.807, 2.05) is 25.7 Å². The maximum Gasteiger partial charge on any atom is 0.435 e. The molecule has 1 aliphatic heterocycles. The molecule has 0 radical (unpaired) electrons. The van der Waals surface area contributed by atoms with Crippen molar-refractivity contribution in [1.29, 1.82) is 5.41 Å². The van der Waals surface area contributed by atoms with E-state index in [1.165, 1.54) is 10.9 Å². The number of amides is 1. The van der Waals surface area contributed by atoms with Crippen molar-refractivity contribution in [2.75, 3.05) is 19.7 Å². The number of ether oxygens (including phenoxy) is 1. The lowest BCUT2D eigenvalue weighted by atomic mass is 9.71. The topological polar surface area (TPSA) is 83.2 Å². The number of rotatable bonds is 9. The smallest absolute Gasteiger partial charge is 0.435 e. The number of amidine groups is 1. The van der Waals surface area contributed by atoms with Crippen LogP contribution in [0.4, 0.5) is 17.6 Å². The largest absolute Gasteiger partial charge is 0.463 e. The van der Waals surface area contributed by atoms with Crippen molar-refractivity contribution in [1.82, 2.24) is 20.0 Å². The summed E-state index contributed by atoms with van der Waals surface area (Å²) in [6, 6.07) is 0.0798. The zero-order valence-electron chi connectivity index (χ0n) is 24.4. The average molecular weight is 584 g/mol. The Morgan fingerprint density at radius 2 is 1.88 bits per heavy atom. The molecule has 11 heteroatoms. The van der Waals surface area contributed by atoms with Gasteiger partial charge in [-0.2, -0.15) is 18.3 Å². The molecule has 7 atom stereocenters. The normalized spacial score (nSPS) is 31.8. The number of carbonyl (C=O) groups excluding carboxylic acids is 1. The van der Waals surface area contributed by atoms with E-state index >= 15 is 0 Å². The minimum absolute atomic E-state index is 0.00374. The Morgan fingerprint density at radius 3 is 2.49 bits per heavy atom. The van der Waals surface area contributed by atoms with Gasteiger partial charge in [0.2, 0.25) is 5.91 Å². The number of alkyl halides is 4. The third-order valence-corrected chi connectivity index (χ3v) is 9.64. The molecule has 1 aromatic heterocycles. The number of nitrogens with zero attached hydrogens (tertiary/aromatic N) is 3. The summed E-state index contributed by atoms with van der Waals surface area (Å²) in [5.74, 6) is -0.338. The van der Waals surface area contributed by atoms with Crippen molar-refractivity contribution in [3.8, 4) is 0 Å². The van der Waals surface area contributed by atoms with Crippen molar-refractivity contribution in [3.05, 3.63) is 17.5 Å². The van der Waals surface area contributed by atoms with Gasteiger partial charge in [0.25, 0.3) is 6.02 Å². The van der Waals surface area contributed by atoms with Crippen LogP contribution in [0.25, 0.3) is 0 Å². The number of hydrogen-bond acceptors (Lipinski definition) is 4. The molecule has 1 amide bonds. The number of carbonyl (C=O) groups is 1. The summed E-state index contributed by atoms with van der Waals surface area (Å²) in [4.78, 5) is 15.7. The van der Waals surface area contributed by atoms with Gasteiger partial charge in [0, 0.05) is 36.8 Å². The summed E-state index contributed by atoms with van der Waals surface area (Å²) in [6.07, 6.45) is 1.65. The molecular formula is C30H45F4N5O2. The summed E-state index contributed by atoms with van der Waals surface area (Å²) in [5.41, 5.74) is -0.685. The van der Waals surface area contributed by atoms with Crippen LogP contribution in [0.5, 0.6) is 0 Å². The predicted molar refractivity (Wildman–Crippen MR) is 147 cm³/mol. The molecule has 3 saturated carbocycles. The van der Waals surface area contributed by atoms with Crippen molar-refractivity contribution < 1.29 is 27.1 Å². The number of nitrogens with one attached hydrogen (secondary N) is 2. The van der Waals surface area contributed by atoms with Gasteiger partial charge in [-0.25, -0.2) is 4.39 Å². The maximum absolute atomic E-state index is 14.2. The second-order valence-electron chi connectivity index (χ2n) is 13.6. The molecule has 230 valence electrons. The van der Waals surface area contributed by atoms with Gasteiger partial charge in [0.1, 0.15) is 12.8 Å². The third-order valence-electron chi connectivity index (χ3n) is 9.64. The van der Waals surface area contributed by atoms with Crippen LogP contribution < -0.4 is 5.32 Å². The van der Waals surface area contributed by atoms with Crippen LogP contribution >= 0.6 is 0 Å². The molecule has 7 nitrogen and oxygen atoms in total. The Labute approximate surface area is 240 Å². The molecule has 3 aliphatic carbocycles. The van der Waals surface area contributed by atoms with Gasteiger partial charge >= 0.3 is 6.18 Å². The van der Waals surface area contributed by atoms with Gasteiger partial charge in [-0.05, 0) is 86.9 Å². The highest BCUT2D eigenvalue weighted by molar-refractivity contribution is 5.79. The lowest BCUT2D eigenvalue weighted by Gasteiger charge is -2.39. The van der Waals surface area contributed by atoms with E-state index in [-0.39, 0.29) is 47.2 Å². The first-order valence-corrected chi connectivity index (χ1v) is 15.4. The molecule has 0 spiro atoms. The van der Waals surface area contributed by atoms with Gasteiger partial charge < -0.3 is 15.0 Å². The molecule has 4 aliphatic rings. The molecular weight excluding hydrogens is 538 g/mol. The van der Waals surface area contributed by atoms with Gasteiger partial charge in [-0.15, -0.1) is 0 Å². The van der Waals surface area contributed by atoms with Crippen LogP contribution in [0.2, 0.25) is 0 Å². The van der Waals surface area contributed by atoms with E-state index in [4.69, 9.17) is 10.1 Å². The fourth-order valence-corrected chi connectivity index (χ4v) is 7.49. The second kappa shape index (κ2) is 12.1. The highest BCUT2D eigenvalue weighted by Crippen LogP contribution is 2.46. The van der Waals surface area contributed by atoms with Gasteiger partial charge in [-0.1, -0.05) is 20.8 Å². The van der Waals surface area contributed by atoms with Crippen LogP contribution in [0.1, 0.15) is 89.3 Å². The Balaban J connectivity index is 1.38. The van der Waals surface area contributed by atoms with E-state index < -0.39 is 29.9 Å². The van der Waals surface area contributed by atoms with Crippen LogP contribution in [-0.2, 0) is 22.3 Å². The fourth-order valence-electron chi connectivity index (χ4n) is 7.49. The molecule has 0 aromatic carbocycles. The summed E-state index contributed by atoms with van der Waals surface area (Å²) < 4.78 is 63.5. The first kappa shape index (κ1) is 30.1. The van der Waals surface area contributed by atoms with Gasteiger partial charge in [0.05, 0.1) is 6.54 Å². The minimum Gasteiger partial charge on any atom is -0.463 e. The van der Waals surface area contributed by atoms with Crippen molar-refractivity contribution in [2.45, 2.75) is 103 Å². The lowest BCUT2D eigenvalue weighted by molar-refractivity contribution is -0.142. The molecule has 1 aromatic rings. The molecule has 6 unspecified atom stereocenters. The highest BCUT2D eigenvalue weighted by Gasteiger charge is 2.45. The summed E-state index contributed by atoms with van der Waals surface area (Å²) >= 11 is 0. The maximum atomic E-state index is 14.2. The second-order valence-corrected chi connectivity index (χ2v) is 13.6. The highest BCUT2D eigenvalue weighted by atomic mass is 19.4. The fraction of sp³-hybridized carbons (Fsp3) is 0.833. The Morgan fingerprint density at radius 1 is 1.15 bits per heavy atom. The Hall–Kier alpha value is -2.33. The number of aromatic nitrogens is 2. The molecule has 41 heavy (non-hydrogen) atoms. The summed E-state index contributed by atoms with van der Waals surface area (Å²) in [5, 5.41) is 15.4. The lowest BCUT2D eigenvalue weighted by Crippen LogP contribution is -2.48. The van der Waals surface area contributed by atoms with E-state index in [2.05, 4.69) is 10.4 Å². The van der Waals surface area contributed by atoms with Crippen LogP contribution in [0.3, 0.4) is 0 Å². The summed E-state index contributed by atoms with van der Waals surface area (Å²) in [7, 11) is 0. The first-order chi connectivity index (χ1) is 19.4. The standard InChI is InChI=1S/C30H45F4N5O2/c1-17(2)14-39-16-24(27(37-39)30(32,33)34)22-11-19(15-38-8-9-41-29(38)35)12-23(13-22)28(40)36-26(20-4-5-20)21-6-7-25(31)18(3)10-21/h16-23,25-26,35H,4-15H2,1-3H3,(H,36,40)/t18?,19?,21?,22?,23?,25?,26-/m0/s1. The molecule has 2 heterocycles. The zero-order valence-corrected chi connectivity index (χ0v) is 24.4. The third kappa shape index (κ3) is 7.19.